The molecule has 1 aliphatic rings. The van der Waals surface area contributed by atoms with E-state index in [1.807, 2.05) is 0 Å². The van der Waals surface area contributed by atoms with Crippen LogP contribution < -0.4 is 10.1 Å². The summed E-state index contributed by atoms with van der Waals surface area (Å²) >= 11 is 0. The molecule has 1 heterocycles. The number of benzene rings is 3. The summed E-state index contributed by atoms with van der Waals surface area (Å²) in [6.45, 7) is 0.0290. The van der Waals surface area contributed by atoms with Crippen LogP contribution in [-0.4, -0.2) is 28.4 Å². The molecule has 4 rings (SSSR count). The molecule has 1 amide bonds. The normalized spacial score (nSPS) is 20.5. The lowest BCUT2D eigenvalue weighted by atomic mass is 9.99. The Kier molecular flexibility index (Phi) is 6.36. The predicted molar refractivity (Wildman–Crippen MR) is 119 cm³/mol. The molecule has 1 N–H and O–H groups in total. The number of sulfonamides is 1. The molecule has 1 aliphatic heterocycles. The lowest BCUT2D eigenvalue weighted by molar-refractivity contribution is -0.119. The monoisotopic (exact) mass is 454 g/mol. The van der Waals surface area contributed by atoms with Crippen LogP contribution in [0.3, 0.4) is 0 Å². The Bertz CT molecular complexity index is 1120. The second-order valence-corrected chi connectivity index (χ2v) is 9.50. The molecule has 1 fully saturated rings. The second kappa shape index (κ2) is 9.20. The van der Waals surface area contributed by atoms with Crippen molar-refractivity contribution in [2.45, 2.75) is 17.4 Å². The van der Waals surface area contributed by atoms with E-state index in [2.05, 4.69) is 5.32 Å². The smallest absolute Gasteiger partial charge is 0.229 e. The highest BCUT2D eigenvalue weighted by Gasteiger charge is 2.47. The van der Waals surface area contributed by atoms with E-state index in [1.165, 1.54) is 28.6 Å². The number of hydrogen-bond donors (Lipinski definition) is 1. The number of amides is 1. The number of halogens is 1. The fraction of sp³-hybridized carbons (Fsp3) is 0.208. The summed E-state index contributed by atoms with van der Waals surface area (Å²) < 4.78 is 46.7. The molecule has 3 aromatic rings. The molecular weight excluding hydrogens is 431 g/mol. The summed E-state index contributed by atoms with van der Waals surface area (Å²) in [5.74, 6) is -0.572. The standard InChI is InChI=1S/C24H23FN2O4S/c1-31-21-13-11-20(12-14-21)26-24(28)18-15-23(17-7-9-19(25)10-8-17)27(16-18)32(29,30)22-5-3-2-4-6-22/h2-14,18,23H,15-16H2,1H3,(H-,26,28,29,30)/t18-,23+/m1/s1. The van der Waals surface area contributed by atoms with Crippen LogP contribution in [0.25, 0.3) is 0 Å². The van der Waals surface area contributed by atoms with Crippen molar-refractivity contribution in [3.63, 3.8) is 0 Å². The largest absolute Gasteiger partial charge is 0.593 e. The van der Waals surface area contributed by atoms with Gasteiger partial charge < -0.3 is 14.6 Å². The molecular formula is C24H23FN2O4S. The van der Waals surface area contributed by atoms with Crippen LogP contribution in [0, 0.1) is 11.7 Å². The van der Waals surface area contributed by atoms with Crippen molar-refractivity contribution in [1.29, 1.82) is 0 Å². The molecule has 166 valence electrons. The molecule has 0 aliphatic carbocycles. The van der Waals surface area contributed by atoms with Gasteiger partial charge >= 0.3 is 0 Å². The van der Waals surface area contributed by atoms with Crippen LogP contribution in [0.4, 0.5) is 10.1 Å². The minimum absolute atomic E-state index is 0.0290. The van der Waals surface area contributed by atoms with E-state index in [1.54, 1.807) is 61.7 Å². The lowest BCUT2D eigenvalue weighted by Gasteiger charge is -2.28. The molecule has 0 radical (unpaired) electrons. The van der Waals surface area contributed by atoms with Crippen LogP contribution in [0.5, 0.6) is 5.75 Å². The Morgan fingerprint density at radius 2 is 1.72 bits per heavy atom. The Morgan fingerprint density at radius 3 is 2.34 bits per heavy atom. The quantitative estimate of drug-likeness (QED) is 0.559. The minimum Gasteiger partial charge on any atom is -0.593 e. The van der Waals surface area contributed by atoms with Crippen LogP contribution in [-0.2, 0) is 19.4 Å². The molecule has 1 unspecified atom stereocenters. The van der Waals surface area contributed by atoms with Crippen molar-refractivity contribution in [3.8, 4) is 5.75 Å². The van der Waals surface area contributed by atoms with Gasteiger partial charge in [-0.1, -0.05) is 34.5 Å². The van der Waals surface area contributed by atoms with Crippen molar-refractivity contribution >= 4 is 22.0 Å². The van der Waals surface area contributed by atoms with Crippen LogP contribution in [0.2, 0.25) is 0 Å². The van der Waals surface area contributed by atoms with Crippen molar-refractivity contribution < 1.29 is 22.7 Å². The lowest BCUT2D eigenvalue weighted by Crippen LogP contribution is -2.37. The number of nitrogens with zero attached hydrogens (tertiary/aromatic N) is 1. The van der Waals surface area contributed by atoms with E-state index in [9.17, 15) is 17.9 Å². The van der Waals surface area contributed by atoms with Gasteiger partial charge in [0.25, 0.3) is 0 Å². The zero-order valence-electron chi connectivity index (χ0n) is 17.4. The van der Waals surface area contributed by atoms with Crippen LogP contribution in [0.15, 0.2) is 83.8 Å². The van der Waals surface area contributed by atoms with E-state index in [0.717, 1.165) is 0 Å². The summed E-state index contributed by atoms with van der Waals surface area (Å²) in [4.78, 5) is 13.1. The third kappa shape index (κ3) is 4.57. The third-order valence-corrected chi connectivity index (χ3v) is 7.48. The number of rotatable bonds is 6. The van der Waals surface area contributed by atoms with Crippen LogP contribution >= 0.6 is 0 Å². The Labute approximate surface area is 187 Å². The van der Waals surface area contributed by atoms with Gasteiger partial charge in [-0.25, -0.2) is 4.39 Å². The Morgan fingerprint density at radius 1 is 1.06 bits per heavy atom. The summed E-state index contributed by atoms with van der Waals surface area (Å²) in [5, 5.41) is 2.85. The number of ether oxygens (including phenoxy) is 1. The zero-order chi connectivity index (χ0) is 22.7. The summed E-state index contributed by atoms with van der Waals surface area (Å²) in [6, 6.07) is 20.2. The first-order valence-electron chi connectivity index (χ1n) is 10.2. The molecule has 3 atom stereocenters. The minimum atomic E-state index is -3.85. The van der Waals surface area contributed by atoms with E-state index in [-0.39, 0.29) is 17.3 Å². The summed E-state index contributed by atoms with van der Waals surface area (Å²) in [5.41, 5.74) is 1.24. The van der Waals surface area contributed by atoms with Gasteiger partial charge in [-0.3, -0.25) is 4.79 Å². The van der Waals surface area contributed by atoms with Crippen molar-refractivity contribution in [2.75, 3.05) is 19.0 Å². The third-order valence-electron chi connectivity index (χ3n) is 5.59. The molecule has 0 spiro atoms. The molecule has 8 heteroatoms. The van der Waals surface area contributed by atoms with Crippen LogP contribution in [0.1, 0.15) is 18.0 Å². The molecule has 6 nitrogen and oxygen atoms in total. The highest BCUT2D eigenvalue weighted by atomic mass is 32.3. The first-order valence-corrected chi connectivity index (χ1v) is 11.6. The van der Waals surface area contributed by atoms with Crippen molar-refractivity contribution in [2.24, 2.45) is 5.92 Å². The summed E-state index contributed by atoms with van der Waals surface area (Å²) in [7, 11) is -2.29. The fourth-order valence-corrected chi connectivity index (χ4v) is 5.59. The van der Waals surface area contributed by atoms with Gasteiger partial charge in [-0.2, -0.15) is 0 Å². The number of carbonyl (C=O) groups is 1. The van der Waals surface area contributed by atoms with Gasteiger partial charge in [0, 0.05) is 5.69 Å². The average Bonchev–Trinajstić information content (AvgIpc) is 3.27. The zero-order valence-corrected chi connectivity index (χ0v) is 18.3. The Balaban J connectivity index is 1.61. The number of anilines is 1. The number of methoxy groups -OCH3 is 1. The fourth-order valence-electron chi connectivity index (χ4n) is 3.90. The molecule has 0 saturated carbocycles. The van der Waals surface area contributed by atoms with Gasteiger partial charge in [0.05, 0.1) is 25.6 Å². The van der Waals surface area contributed by atoms with E-state index in [0.29, 0.717) is 23.4 Å². The second-order valence-electron chi connectivity index (χ2n) is 7.61. The molecule has 0 aromatic heterocycles. The van der Waals surface area contributed by atoms with Gasteiger partial charge in [0.1, 0.15) is 11.6 Å². The highest BCUT2D eigenvalue weighted by Crippen LogP contribution is 2.41. The molecule has 32 heavy (non-hydrogen) atoms. The van der Waals surface area contributed by atoms with Gasteiger partial charge in [-0.15, -0.1) is 4.31 Å². The van der Waals surface area contributed by atoms with E-state index >= 15 is 0 Å². The van der Waals surface area contributed by atoms with Gasteiger partial charge in [0.2, 0.25) is 5.91 Å². The maximum atomic E-state index is 13.5. The molecule has 3 aromatic carbocycles. The number of hydrogen-bond acceptors (Lipinski definition) is 4. The van der Waals surface area contributed by atoms with Crippen molar-refractivity contribution in [3.05, 3.63) is 90.2 Å². The highest BCUT2D eigenvalue weighted by molar-refractivity contribution is 7.95. The molecule has 1 saturated heterocycles. The Hall–Kier alpha value is -3.07. The average molecular weight is 455 g/mol. The SMILES string of the molecule is COc1ccc(NC(=O)[C@@H]2C[C@@H](c3ccc(F)cc3)N([S+](=O)([O-])c3ccccc3)C2)cc1. The maximum absolute atomic E-state index is 13.5. The van der Waals surface area contributed by atoms with E-state index < -0.39 is 28.2 Å². The predicted octanol–water partition coefficient (Wildman–Crippen LogP) is 4.44. The first-order chi connectivity index (χ1) is 15.4. The van der Waals surface area contributed by atoms with Gasteiger partial charge in [0.15, 0.2) is 15.3 Å². The summed E-state index contributed by atoms with van der Waals surface area (Å²) in [6.07, 6.45) is 0.291. The number of nitrogens with one attached hydrogen (secondary N) is 1. The maximum Gasteiger partial charge on any atom is 0.229 e. The molecule has 0 bridgehead atoms. The van der Waals surface area contributed by atoms with Crippen molar-refractivity contribution in [1.82, 2.24) is 4.31 Å². The topological polar surface area (TPSA) is 81.7 Å². The number of carbonyl (C=O) groups excluding carboxylic acids is 1. The van der Waals surface area contributed by atoms with E-state index in [4.69, 9.17) is 4.74 Å². The van der Waals surface area contributed by atoms with Gasteiger partial charge in [-0.05, 0) is 60.5 Å². The first kappa shape index (κ1) is 22.1.